The summed E-state index contributed by atoms with van der Waals surface area (Å²) in [5, 5.41) is 0.971. The van der Waals surface area contributed by atoms with Gasteiger partial charge in [-0.2, -0.15) is 4.31 Å². The van der Waals surface area contributed by atoms with Crippen molar-refractivity contribution in [2.24, 2.45) is 5.92 Å². The Labute approximate surface area is 206 Å². The quantitative estimate of drug-likeness (QED) is 0.380. The molecule has 0 radical (unpaired) electrons. The van der Waals surface area contributed by atoms with E-state index in [1.54, 1.807) is 35.3 Å². The number of thioether (sulfide) groups is 1. The zero-order valence-electron chi connectivity index (χ0n) is 19.9. The molecule has 1 aromatic heterocycles. The molecule has 1 saturated carbocycles. The molecule has 0 amide bonds. The van der Waals surface area contributed by atoms with Gasteiger partial charge in [0, 0.05) is 24.9 Å². The Hall–Kier alpha value is -2.03. The number of benzene rings is 2. The zero-order valence-corrected chi connectivity index (χ0v) is 21.6. The van der Waals surface area contributed by atoms with E-state index in [1.165, 1.54) is 18.4 Å². The molecular formula is C26H33N3O3S2. The summed E-state index contributed by atoms with van der Waals surface area (Å²) >= 11 is 1.72. The molecule has 3 aromatic rings. The fourth-order valence-corrected chi connectivity index (χ4v) is 7.87. The number of rotatable bonds is 7. The number of sulfonamides is 1. The van der Waals surface area contributed by atoms with Crippen molar-refractivity contribution in [3.8, 4) is 5.75 Å². The van der Waals surface area contributed by atoms with Crippen molar-refractivity contribution in [1.82, 2.24) is 13.9 Å². The number of piperidine rings is 1. The van der Waals surface area contributed by atoms with Crippen LogP contribution in [0.5, 0.6) is 5.75 Å². The van der Waals surface area contributed by atoms with Crippen LogP contribution in [-0.2, 0) is 15.8 Å². The maximum absolute atomic E-state index is 13.4. The highest BCUT2D eigenvalue weighted by atomic mass is 32.2. The minimum atomic E-state index is -3.51. The molecule has 0 N–H and O–H groups in total. The van der Waals surface area contributed by atoms with Gasteiger partial charge in [0.15, 0.2) is 5.16 Å². The predicted octanol–water partition coefficient (Wildman–Crippen LogP) is 5.87. The van der Waals surface area contributed by atoms with Crippen molar-refractivity contribution in [2.75, 3.05) is 20.2 Å². The number of fused-ring (bicyclic) bond motifs is 1. The largest absolute Gasteiger partial charge is 0.497 e. The summed E-state index contributed by atoms with van der Waals surface area (Å²) in [5.41, 5.74) is 3.02. The van der Waals surface area contributed by atoms with Crippen molar-refractivity contribution in [3.05, 3.63) is 48.0 Å². The van der Waals surface area contributed by atoms with Gasteiger partial charge in [0.1, 0.15) is 5.75 Å². The number of methoxy groups -OCH3 is 1. The second-order valence-corrected chi connectivity index (χ2v) is 12.5. The number of hydrogen-bond acceptors (Lipinski definition) is 5. The molecule has 0 spiro atoms. The van der Waals surface area contributed by atoms with E-state index in [0.717, 1.165) is 53.4 Å². The molecule has 5 rings (SSSR count). The maximum Gasteiger partial charge on any atom is 0.243 e. The summed E-state index contributed by atoms with van der Waals surface area (Å²) in [6.45, 7) is 3.32. The van der Waals surface area contributed by atoms with Crippen molar-refractivity contribution in [2.45, 2.75) is 67.3 Å². The monoisotopic (exact) mass is 499 g/mol. The van der Waals surface area contributed by atoms with Crippen LogP contribution in [0.25, 0.3) is 11.0 Å². The molecule has 34 heavy (non-hydrogen) atoms. The molecule has 1 aliphatic heterocycles. The van der Waals surface area contributed by atoms with Gasteiger partial charge >= 0.3 is 0 Å². The SMILES string of the molecule is COc1ccc(CSc2nc3cc(S(=O)(=O)N4CCCC(C)C4)ccc3n2C2CCCC2)cc1. The van der Waals surface area contributed by atoms with E-state index in [2.05, 4.69) is 23.6 Å². The third kappa shape index (κ3) is 4.72. The van der Waals surface area contributed by atoms with Crippen LogP contribution < -0.4 is 4.74 Å². The average molecular weight is 500 g/mol. The molecule has 8 heteroatoms. The Bertz CT molecular complexity index is 1250. The first-order chi connectivity index (χ1) is 16.5. The van der Waals surface area contributed by atoms with Gasteiger partial charge in [0.2, 0.25) is 10.0 Å². The van der Waals surface area contributed by atoms with E-state index in [0.29, 0.717) is 29.9 Å². The Kier molecular flexibility index (Phi) is 6.91. The number of imidazole rings is 1. The highest BCUT2D eigenvalue weighted by Gasteiger charge is 2.30. The fourth-order valence-electron chi connectivity index (χ4n) is 5.22. The van der Waals surface area contributed by atoms with Crippen LogP contribution in [0.4, 0.5) is 0 Å². The van der Waals surface area contributed by atoms with Crippen molar-refractivity contribution in [1.29, 1.82) is 0 Å². The van der Waals surface area contributed by atoms with Gasteiger partial charge in [-0.25, -0.2) is 13.4 Å². The molecule has 2 heterocycles. The summed E-state index contributed by atoms with van der Waals surface area (Å²) in [7, 11) is -1.83. The first kappa shape index (κ1) is 23.7. The number of ether oxygens (including phenoxy) is 1. The lowest BCUT2D eigenvalue weighted by Gasteiger charge is -2.30. The lowest BCUT2D eigenvalue weighted by molar-refractivity contribution is 0.281. The van der Waals surface area contributed by atoms with Gasteiger partial charge in [0.25, 0.3) is 0 Å². The van der Waals surface area contributed by atoms with Gasteiger partial charge in [-0.3, -0.25) is 0 Å². The third-order valence-electron chi connectivity index (χ3n) is 7.10. The van der Waals surface area contributed by atoms with E-state index in [4.69, 9.17) is 9.72 Å². The van der Waals surface area contributed by atoms with E-state index in [1.807, 2.05) is 18.2 Å². The normalized spacial score (nSPS) is 20.2. The highest BCUT2D eigenvalue weighted by Crippen LogP contribution is 2.38. The number of nitrogens with zero attached hydrogens (tertiary/aromatic N) is 3. The molecule has 2 fully saturated rings. The van der Waals surface area contributed by atoms with E-state index in [9.17, 15) is 8.42 Å². The maximum atomic E-state index is 13.4. The van der Waals surface area contributed by atoms with Gasteiger partial charge < -0.3 is 9.30 Å². The zero-order chi connectivity index (χ0) is 23.7. The van der Waals surface area contributed by atoms with Crippen LogP contribution >= 0.6 is 11.8 Å². The first-order valence-corrected chi connectivity index (χ1v) is 14.7. The number of hydrogen-bond donors (Lipinski definition) is 0. The van der Waals surface area contributed by atoms with Crippen molar-refractivity contribution >= 4 is 32.8 Å². The standard InChI is InChI=1S/C26H33N3O3S2/c1-19-6-5-15-28(17-19)34(30,31)23-13-14-25-24(16-23)27-26(29(25)21-7-3-4-8-21)33-18-20-9-11-22(32-2)12-10-20/h9-14,16,19,21H,3-8,15,17-18H2,1-2H3. The van der Waals surface area contributed by atoms with Crippen LogP contribution in [0, 0.1) is 5.92 Å². The summed E-state index contributed by atoms with van der Waals surface area (Å²) in [6, 6.07) is 14.1. The highest BCUT2D eigenvalue weighted by molar-refractivity contribution is 7.98. The Morgan fingerprint density at radius 1 is 1.06 bits per heavy atom. The average Bonchev–Trinajstić information content (AvgIpc) is 3.50. The molecule has 2 aromatic carbocycles. The van der Waals surface area contributed by atoms with Crippen LogP contribution in [0.1, 0.15) is 57.1 Å². The van der Waals surface area contributed by atoms with Gasteiger partial charge in [-0.05, 0) is 67.5 Å². The molecule has 1 aliphatic carbocycles. The van der Waals surface area contributed by atoms with Gasteiger partial charge in [-0.1, -0.05) is 43.7 Å². The molecule has 6 nitrogen and oxygen atoms in total. The van der Waals surface area contributed by atoms with Crippen molar-refractivity contribution in [3.63, 3.8) is 0 Å². The summed E-state index contributed by atoms with van der Waals surface area (Å²) < 4.78 is 36.0. The minimum Gasteiger partial charge on any atom is -0.497 e. The topological polar surface area (TPSA) is 64.4 Å². The van der Waals surface area contributed by atoms with E-state index in [-0.39, 0.29) is 0 Å². The molecule has 2 aliphatic rings. The summed E-state index contributed by atoms with van der Waals surface area (Å²) in [5.74, 6) is 2.05. The Morgan fingerprint density at radius 2 is 1.82 bits per heavy atom. The van der Waals surface area contributed by atoms with Crippen LogP contribution in [0.3, 0.4) is 0 Å². The third-order valence-corrected chi connectivity index (χ3v) is 9.99. The van der Waals surface area contributed by atoms with Crippen LogP contribution in [0.2, 0.25) is 0 Å². The van der Waals surface area contributed by atoms with E-state index >= 15 is 0 Å². The second kappa shape index (κ2) is 9.91. The number of aromatic nitrogens is 2. The summed E-state index contributed by atoms with van der Waals surface area (Å²) in [6.07, 6.45) is 6.76. The molecule has 182 valence electrons. The molecule has 1 unspecified atom stereocenters. The molecular weight excluding hydrogens is 466 g/mol. The fraction of sp³-hybridized carbons (Fsp3) is 0.500. The Morgan fingerprint density at radius 3 is 2.53 bits per heavy atom. The van der Waals surface area contributed by atoms with Crippen LogP contribution in [0.15, 0.2) is 52.5 Å². The van der Waals surface area contributed by atoms with Gasteiger partial charge in [-0.15, -0.1) is 0 Å². The Balaban J connectivity index is 1.47. The van der Waals surface area contributed by atoms with Gasteiger partial charge in [0.05, 0.1) is 23.0 Å². The lowest BCUT2D eigenvalue weighted by atomic mass is 10.0. The predicted molar refractivity (Wildman–Crippen MR) is 137 cm³/mol. The smallest absolute Gasteiger partial charge is 0.243 e. The molecule has 1 atom stereocenters. The lowest BCUT2D eigenvalue weighted by Crippen LogP contribution is -2.39. The van der Waals surface area contributed by atoms with E-state index < -0.39 is 10.0 Å². The van der Waals surface area contributed by atoms with Crippen molar-refractivity contribution < 1.29 is 13.2 Å². The summed E-state index contributed by atoms with van der Waals surface area (Å²) in [4.78, 5) is 5.32. The first-order valence-electron chi connectivity index (χ1n) is 12.2. The minimum absolute atomic E-state index is 0.358. The molecule has 1 saturated heterocycles. The second-order valence-electron chi connectivity index (χ2n) is 9.60. The van der Waals surface area contributed by atoms with Crippen LogP contribution in [-0.4, -0.2) is 42.5 Å². The molecule has 0 bridgehead atoms.